The first kappa shape index (κ1) is 14.4. The van der Waals surface area contributed by atoms with Crippen molar-refractivity contribution in [1.82, 2.24) is 5.32 Å². The maximum absolute atomic E-state index is 12.4. The van der Waals surface area contributed by atoms with Crippen LogP contribution in [0.5, 0.6) is 11.5 Å². The summed E-state index contributed by atoms with van der Waals surface area (Å²) in [6.07, 6.45) is 0.201. The van der Waals surface area contributed by atoms with Gasteiger partial charge in [-0.1, -0.05) is 49.4 Å². The van der Waals surface area contributed by atoms with Crippen molar-refractivity contribution in [2.45, 2.75) is 25.5 Å². The third-order valence-electron chi connectivity index (χ3n) is 3.73. The highest BCUT2D eigenvalue weighted by atomic mass is 16.6. The van der Waals surface area contributed by atoms with Crippen molar-refractivity contribution in [2.75, 3.05) is 6.61 Å². The van der Waals surface area contributed by atoms with Crippen LogP contribution >= 0.6 is 0 Å². The van der Waals surface area contributed by atoms with Gasteiger partial charge in [0, 0.05) is 0 Å². The van der Waals surface area contributed by atoms with Gasteiger partial charge in [-0.25, -0.2) is 0 Å². The first-order chi connectivity index (χ1) is 10.8. The van der Waals surface area contributed by atoms with Crippen molar-refractivity contribution in [3.8, 4) is 11.5 Å². The first-order valence-corrected chi connectivity index (χ1v) is 7.51. The van der Waals surface area contributed by atoms with E-state index in [1.807, 2.05) is 61.5 Å². The molecule has 0 unspecified atom stereocenters. The second-order valence-electron chi connectivity index (χ2n) is 5.24. The Hall–Kier alpha value is -2.49. The van der Waals surface area contributed by atoms with Crippen LogP contribution in [0.2, 0.25) is 0 Å². The molecule has 0 fully saturated rings. The number of fused-ring (bicyclic) bond motifs is 1. The van der Waals surface area contributed by atoms with E-state index in [1.165, 1.54) is 0 Å². The summed E-state index contributed by atoms with van der Waals surface area (Å²) in [5.74, 6) is 1.15. The van der Waals surface area contributed by atoms with Gasteiger partial charge in [-0.05, 0) is 24.1 Å². The molecule has 0 saturated carbocycles. The highest BCUT2D eigenvalue weighted by Gasteiger charge is 2.28. The third kappa shape index (κ3) is 3.06. The quantitative estimate of drug-likeness (QED) is 0.943. The van der Waals surface area contributed by atoms with E-state index in [0.717, 1.165) is 12.0 Å². The number of amides is 1. The summed E-state index contributed by atoms with van der Waals surface area (Å²) in [6, 6.07) is 17.3. The molecule has 0 saturated heterocycles. The largest absolute Gasteiger partial charge is 0.485 e. The molecule has 0 bridgehead atoms. The lowest BCUT2D eigenvalue weighted by molar-refractivity contribution is -0.131. The van der Waals surface area contributed by atoms with Crippen LogP contribution in [0.15, 0.2) is 54.6 Å². The SMILES string of the molecule is CC[C@@H](NC(=O)[C@H]1COc2ccccc2O1)c1ccccc1. The molecule has 0 spiro atoms. The highest BCUT2D eigenvalue weighted by molar-refractivity contribution is 5.82. The fraction of sp³-hybridized carbons (Fsp3) is 0.278. The summed E-state index contributed by atoms with van der Waals surface area (Å²) in [7, 11) is 0. The normalized spacial score (nSPS) is 17.6. The van der Waals surface area contributed by atoms with Gasteiger partial charge in [0.25, 0.3) is 5.91 Å². The lowest BCUT2D eigenvalue weighted by Crippen LogP contribution is -2.45. The van der Waals surface area contributed by atoms with Gasteiger partial charge in [-0.2, -0.15) is 0 Å². The second-order valence-corrected chi connectivity index (χ2v) is 5.24. The summed E-state index contributed by atoms with van der Waals surface area (Å²) in [6.45, 7) is 2.28. The summed E-state index contributed by atoms with van der Waals surface area (Å²) >= 11 is 0. The Morgan fingerprint density at radius 2 is 1.82 bits per heavy atom. The molecule has 114 valence electrons. The standard InChI is InChI=1S/C18H19NO3/c1-2-14(13-8-4-3-5-9-13)19-18(20)17-12-21-15-10-6-7-11-16(15)22-17/h3-11,14,17H,2,12H2,1H3,(H,19,20)/t14-,17-/m1/s1. The van der Waals surface area contributed by atoms with Crippen LogP contribution in [0.3, 0.4) is 0 Å². The Kier molecular flexibility index (Phi) is 4.28. The number of carbonyl (C=O) groups excluding carboxylic acids is 1. The predicted molar refractivity (Wildman–Crippen MR) is 84.0 cm³/mol. The third-order valence-corrected chi connectivity index (χ3v) is 3.73. The smallest absolute Gasteiger partial charge is 0.265 e. The zero-order chi connectivity index (χ0) is 15.4. The molecule has 22 heavy (non-hydrogen) atoms. The average molecular weight is 297 g/mol. The Bertz CT molecular complexity index is 642. The van der Waals surface area contributed by atoms with E-state index < -0.39 is 6.10 Å². The topological polar surface area (TPSA) is 47.6 Å². The molecule has 2 aromatic carbocycles. The van der Waals surface area contributed by atoms with Crippen molar-refractivity contribution in [3.63, 3.8) is 0 Å². The van der Waals surface area contributed by atoms with E-state index >= 15 is 0 Å². The number of rotatable bonds is 4. The van der Waals surface area contributed by atoms with Crippen molar-refractivity contribution in [3.05, 3.63) is 60.2 Å². The summed E-state index contributed by atoms with van der Waals surface area (Å²) in [4.78, 5) is 12.4. The van der Waals surface area contributed by atoms with Crippen LogP contribution in [0, 0.1) is 0 Å². The van der Waals surface area contributed by atoms with Crippen LogP contribution in [-0.2, 0) is 4.79 Å². The maximum Gasteiger partial charge on any atom is 0.265 e. The Labute approximate surface area is 130 Å². The van der Waals surface area contributed by atoms with Gasteiger partial charge in [0.2, 0.25) is 6.10 Å². The fourth-order valence-electron chi connectivity index (χ4n) is 2.52. The van der Waals surface area contributed by atoms with Gasteiger partial charge < -0.3 is 14.8 Å². The summed E-state index contributed by atoms with van der Waals surface area (Å²) < 4.78 is 11.3. The Morgan fingerprint density at radius 1 is 1.14 bits per heavy atom. The molecule has 2 aromatic rings. The zero-order valence-corrected chi connectivity index (χ0v) is 12.5. The molecule has 3 rings (SSSR count). The van der Waals surface area contributed by atoms with Gasteiger partial charge in [0.05, 0.1) is 6.04 Å². The van der Waals surface area contributed by atoms with Crippen molar-refractivity contribution in [2.24, 2.45) is 0 Å². The van der Waals surface area contributed by atoms with Crippen molar-refractivity contribution < 1.29 is 14.3 Å². The summed E-state index contributed by atoms with van der Waals surface area (Å²) in [5.41, 5.74) is 1.09. The average Bonchev–Trinajstić information content (AvgIpc) is 2.59. The van der Waals surface area contributed by atoms with E-state index in [-0.39, 0.29) is 18.6 Å². The number of para-hydroxylation sites is 2. The maximum atomic E-state index is 12.4. The molecule has 4 heteroatoms. The van der Waals surface area contributed by atoms with Gasteiger partial charge in [0.15, 0.2) is 11.5 Å². The summed E-state index contributed by atoms with van der Waals surface area (Å²) in [5, 5.41) is 3.04. The van der Waals surface area contributed by atoms with Gasteiger partial charge >= 0.3 is 0 Å². The predicted octanol–water partition coefficient (Wildman–Crippen LogP) is 3.09. The molecular formula is C18H19NO3. The molecule has 0 aliphatic carbocycles. The number of ether oxygens (including phenoxy) is 2. The van der Waals surface area contributed by atoms with Gasteiger partial charge in [-0.15, -0.1) is 0 Å². The van der Waals surface area contributed by atoms with Gasteiger partial charge in [-0.3, -0.25) is 4.79 Å². The number of nitrogens with one attached hydrogen (secondary N) is 1. The molecule has 1 amide bonds. The van der Waals surface area contributed by atoms with Crippen LogP contribution in [-0.4, -0.2) is 18.6 Å². The van der Waals surface area contributed by atoms with E-state index in [0.29, 0.717) is 11.5 Å². The monoisotopic (exact) mass is 297 g/mol. The van der Waals surface area contributed by atoms with E-state index in [1.54, 1.807) is 0 Å². The molecule has 0 radical (unpaired) electrons. The molecule has 1 aliphatic rings. The minimum atomic E-state index is -0.618. The molecule has 1 aliphatic heterocycles. The second kappa shape index (κ2) is 6.52. The minimum absolute atomic E-state index is 0.0190. The van der Waals surface area contributed by atoms with E-state index in [2.05, 4.69) is 5.32 Å². The van der Waals surface area contributed by atoms with Crippen LogP contribution < -0.4 is 14.8 Å². The van der Waals surface area contributed by atoms with Crippen LogP contribution in [0.25, 0.3) is 0 Å². The lowest BCUT2D eigenvalue weighted by Gasteiger charge is -2.27. The van der Waals surface area contributed by atoms with Crippen LogP contribution in [0.1, 0.15) is 24.9 Å². The van der Waals surface area contributed by atoms with Crippen molar-refractivity contribution >= 4 is 5.91 Å². The first-order valence-electron chi connectivity index (χ1n) is 7.51. The molecule has 1 N–H and O–H groups in total. The molecular weight excluding hydrogens is 278 g/mol. The Morgan fingerprint density at radius 3 is 2.55 bits per heavy atom. The van der Waals surface area contributed by atoms with E-state index in [9.17, 15) is 4.79 Å². The molecule has 0 aromatic heterocycles. The van der Waals surface area contributed by atoms with E-state index in [4.69, 9.17) is 9.47 Å². The van der Waals surface area contributed by atoms with Gasteiger partial charge in [0.1, 0.15) is 6.61 Å². The van der Waals surface area contributed by atoms with Crippen molar-refractivity contribution in [1.29, 1.82) is 0 Å². The number of hydrogen-bond acceptors (Lipinski definition) is 3. The number of carbonyl (C=O) groups is 1. The highest BCUT2D eigenvalue weighted by Crippen LogP contribution is 2.31. The lowest BCUT2D eigenvalue weighted by atomic mass is 10.0. The fourth-order valence-corrected chi connectivity index (χ4v) is 2.52. The number of hydrogen-bond donors (Lipinski definition) is 1. The molecule has 4 nitrogen and oxygen atoms in total. The zero-order valence-electron chi connectivity index (χ0n) is 12.5. The Balaban J connectivity index is 1.67. The minimum Gasteiger partial charge on any atom is -0.485 e. The molecule has 1 heterocycles. The number of benzene rings is 2. The molecule has 2 atom stereocenters. The van der Waals surface area contributed by atoms with Crippen LogP contribution in [0.4, 0.5) is 0 Å².